The molecule has 1 aliphatic rings. The first-order valence-corrected chi connectivity index (χ1v) is 9.49. The Balaban J connectivity index is 2.17. The fourth-order valence-corrected chi connectivity index (χ4v) is 3.37. The van der Waals surface area contributed by atoms with Crippen molar-refractivity contribution >= 4 is 17.5 Å². The average Bonchev–Trinajstić information content (AvgIpc) is 2.60. The van der Waals surface area contributed by atoms with Crippen molar-refractivity contribution in [3.63, 3.8) is 0 Å². The molecule has 1 unspecified atom stereocenters. The number of nitrogens with two attached hydrogens (primary N) is 1. The van der Waals surface area contributed by atoms with Crippen LogP contribution in [0.1, 0.15) is 50.4 Å². The van der Waals surface area contributed by atoms with Gasteiger partial charge in [0, 0.05) is 24.7 Å². The van der Waals surface area contributed by atoms with Crippen LogP contribution < -0.4 is 15.2 Å². The van der Waals surface area contributed by atoms with Crippen LogP contribution in [0.15, 0.2) is 12.1 Å². The molecule has 0 bridgehead atoms. The average molecular weight is 369 g/mol. The highest BCUT2D eigenvalue weighted by molar-refractivity contribution is 6.32. The van der Waals surface area contributed by atoms with Gasteiger partial charge in [0.2, 0.25) is 0 Å². The molecule has 2 N–H and O–H groups in total. The van der Waals surface area contributed by atoms with Gasteiger partial charge in [-0.15, -0.1) is 0 Å². The third-order valence-corrected chi connectivity index (χ3v) is 4.86. The lowest BCUT2D eigenvalue weighted by atomic mass is 9.90. The first-order chi connectivity index (χ1) is 12.0. The molecule has 0 aromatic heterocycles. The minimum absolute atomic E-state index is 0.0204. The lowest BCUT2D eigenvalue weighted by Gasteiger charge is -2.33. The largest absolute Gasteiger partial charge is 0.490 e. The van der Waals surface area contributed by atoms with E-state index in [1.807, 2.05) is 25.7 Å². The van der Waals surface area contributed by atoms with Crippen molar-refractivity contribution in [2.24, 2.45) is 11.7 Å². The van der Waals surface area contributed by atoms with Crippen LogP contribution in [0, 0.1) is 5.92 Å². The summed E-state index contributed by atoms with van der Waals surface area (Å²) < 4.78 is 11.3. The lowest BCUT2D eigenvalue weighted by molar-refractivity contribution is 0.0680. The Morgan fingerprint density at radius 1 is 1.32 bits per heavy atom. The van der Waals surface area contributed by atoms with Gasteiger partial charge in [0.05, 0.1) is 18.2 Å². The highest BCUT2D eigenvalue weighted by atomic mass is 35.5. The van der Waals surface area contributed by atoms with E-state index in [1.54, 1.807) is 12.1 Å². The minimum atomic E-state index is -0.0204. The summed E-state index contributed by atoms with van der Waals surface area (Å²) in [6, 6.07) is 3.58. The Morgan fingerprint density at radius 3 is 2.56 bits per heavy atom. The molecule has 1 saturated heterocycles. The summed E-state index contributed by atoms with van der Waals surface area (Å²) in [5.74, 6) is 1.50. The molecule has 25 heavy (non-hydrogen) atoms. The second kappa shape index (κ2) is 9.30. The van der Waals surface area contributed by atoms with E-state index in [-0.39, 0.29) is 11.9 Å². The number of hydrogen-bond donors (Lipinski definition) is 1. The maximum Gasteiger partial charge on any atom is 0.254 e. The molecule has 0 saturated carbocycles. The van der Waals surface area contributed by atoms with Crippen molar-refractivity contribution in [3.8, 4) is 11.5 Å². The van der Waals surface area contributed by atoms with E-state index < -0.39 is 0 Å². The lowest BCUT2D eigenvalue weighted by Crippen LogP contribution is -2.42. The molecule has 1 aromatic carbocycles. The van der Waals surface area contributed by atoms with Gasteiger partial charge in [-0.1, -0.05) is 18.5 Å². The van der Waals surface area contributed by atoms with E-state index in [9.17, 15) is 4.79 Å². The molecule has 0 radical (unpaired) electrons. The molecule has 140 valence electrons. The zero-order valence-corrected chi connectivity index (χ0v) is 16.1. The Hall–Kier alpha value is -1.46. The van der Waals surface area contributed by atoms with Gasteiger partial charge in [0.25, 0.3) is 5.91 Å². The second-order valence-corrected chi connectivity index (χ2v) is 6.96. The molecule has 1 atom stereocenters. The maximum absolute atomic E-state index is 12.8. The predicted octanol–water partition coefficient (Wildman–Crippen LogP) is 3.73. The number of hydrogen-bond acceptors (Lipinski definition) is 4. The molecule has 0 aliphatic carbocycles. The first kappa shape index (κ1) is 19.9. The summed E-state index contributed by atoms with van der Waals surface area (Å²) in [7, 11) is 0. The van der Waals surface area contributed by atoms with Crippen LogP contribution in [0.25, 0.3) is 0 Å². The molecule has 1 aromatic rings. The summed E-state index contributed by atoms with van der Waals surface area (Å²) in [6.07, 6.45) is 2.75. The second-order valence-electron chi connectivity index (χ2n) is 6.56. The van der Waals surface area contributed by atoms with E-state index >= 15 is 0 Å². The van der Waals surface area contributed by atoms with Gasteiger partial charge >= 0.3 is 0 Å². The quantitative estimate of drug-likeness (QED) is 0.796. The number of ether oxygens (including phenoxy) is 2. The number of carbonyl (C=O) groups is 1. The van der Waals surface area contributed by atoms with Gasteiger partial charge in [-0.25, -0.2) is 0 Å². The summed E-state index contributed by atoms with van der Waals surface area (Å²) in [6.45, 7) is 8.43. The number of halogens is 1. The van der Waals surface area contributed by atoms with Crippen LogP contribution in [0.5, 0.6) is 11.5 Å². The Morgan fingerprint density at radius 2 is 2.00 bits per heavy atom. The van der Waals surface area contributed by atoms with E-state index in [2.05, 4.69) is 0 Å². The zero-order chi connectivity index (χ0) is 18.4. The van der Waals surface area contributed by atoms with Gasteiger partial charge in [-0.3, -0.25) is 4.79 Å². The molecule has 1 fully saturated rings. The molecule has 0 spiro atoms. The van der Waals surface area contributed by atoms with Crippen molar-refractivity contribution in [2.45, 2.75) is 46.1 Å². The number of amides is 1. The summed E-state index contributed by atoms with van der Waals surface area (Å²) >= 11 is 6.36. The fourth-order valence-electron chi connectivity index (χ4n) is 3.11. The standard InChI is InChI=1S/C19H29ClN2O3/c1-4-10-25-18-16(20)11-15(12-17(18)24-5-2)19(23)22-8-6-14(7-9-22)13(3)21/h11-14H,4-10,21H2,1-3H3. The number of rotatable bonds is 7. The third-order valence-electron chi connectivity index (χ3n) is 4.58. The van der Waals surface area contributed by atoms with Crippen LogP contribution in [-0.2, 0) is 0 Å². The summed E-state index contributed by atoms with van der Waals surface area (Å²) in [5, 5.41) is 0.410. The molecular formula is C19H29ClN2O3. The van der Waals surface area contributed by atoms with Gasteiger partial charge in [0.15, 0.2) is 11.5 Å². The highest BCUT2D eigenvalue weighted by Gasteiger charge is 2.26. The normalized spacial score (nSPS) is 16.6. The zero-order valence-electron chi connectivity index (χ0n) is 15.4. The molecule has 1 amide bonds. The van der Waals surface area contributed by atoms with Crippen molar-refractivity contribution in [1.29, 1.82) is 0 Å². The first-order valence-electron chi connectivity index (χ1n) is 9.11. The molecule has 2 rings (SSSR count). The number of likely N-dealkylation sites (tertiary alicyclic amines) is 1. The Bertz CT molecular complexity index is 584. The van der Waals surface area contributed by atoms with Gasteiger partial charge in [0.1, 0.15) is 0 Å². The predicted molar refractivity (Wildman–Crippen MR) is 101 cm³/mol. The van der Waals surface area contributed by atoms with E-state index in [4.69, 9.17) is 26.8 Å². The third kappa shape index (κ3) is 5.02. The molecular weight excluding hydrogens is 340 g/mol. The van der Waals surface area contributed by atoms with Gasteiger partial charge in [-0.2, -0.15) is 0 Å². The van der Waals surface area contributed by atoms with Crippen molar-refractivity contribution in [1.82, 2.24) is 4.90 Å². The van der Waals surface area contributed by atoms with Crippen molar-refractivity contribution in [3.05, 3.63) is 22.7 Å². The summed E-state index contributed by atoms with van der Waals surface area (Å²) in [5.41, 5.74) is 6.52. The SMILES string of the molecule is CCCOc1c(Cl)cc(C(=O)N2CCC(C(C)N)CC2)cc1OCC. The van der Waals surface area contributed by atoms with Gasteiger partial charge < -0.3 is 20.1 Å². The highest BCUT2D eigenvalue weighted by Crippen LogP contribution is 2.37. The number of piperidine rings is 1. The van der Waals surface area contributed by atoms with E-state index in [1.165, 1.54) is 0 Å². The van der Waals surface area contributed by atoms with Crippen LogP contribution in [0.4, 0.5) is 0 Å². The molecule has 1 aliphatic heterocycles. The van der Waals surface area contributed by atoms with Crippen molar-refractivity contribution < 1.29 is 14.3 Å². The van der Waals surface area contributed by atoms with Gasteiger partial charge in [-0.05, 0) is 51.2 Å². The molecule has 6 heteroatoms. The monoisotopic (exact) mass is 368 g/mol. The number of benzene rings is 1. The van der Waals surface area contributed by atoms with E-state index in [0.29, 0.717) is 41.2 Å². The van der Waals surface area contributed by atoms with Crippen LogP contribution in [0.3, 0.4) is 0 Å². The topological polar surface area (TPSA) is 64.8 Å². The molecule has 1 heterocycles. The van der Waals surface area contributed by atoms with E-state index in [0.717, 1.165) is 32.4 Å². The van der Waals surface area contributed by atoms with Crippen LogP contribution in [-0.4, -0.2) is 43.2 Å². The fraction of sp³-hybridized carbons (Fsp3) is 0.632. The molecule has 5 nitrogen and oxygen atoms in total. The van der Waals surface area contributed by atoms with Crippen LogP contribution in [0.2, 0.25) is 5.02 Å². The maximum atomic E-state index is 12.8. The Kier molecular flexibility index (Phi) is 7.38. The van der Waals surface area contributed by atoms with Crippen LogP contribution >= 0.6 is 11.6 Å². The number of nitrogens with zero attached hydrogens (tertiary/aromatic N) is 1. The minimum Gasteiger partial charge on any atom is -0.490 e. The summed E-state index contributed by atoms with van der Waals surface area (Å²) in [4.78, 5) is 14.7. The smallest absolute Gasteiger partial charge is 0.254 e. The number of carbonyl (C=O) groups excluding carboxylic acids is 1. The Labute approximate surface area is 155 Å². The van der Waals surface area contributed by atoms with Crippen molar-refractivity contribution in [2.75, 3.05) is 26.3 Å².